The molecule has 44 heavy (non-hydrogen) atoms. The van der Waals surface area contributed by atoms with Gasteiger partial charge in [-0.25, -0.2) is 14.6 Å². The van der Waals surface area contributed by atoms with Gasteiger partial charge in [0, 0.05) is 11.6 Å². The summed E-state index contributed by atoms with van der Waals surface area (Å²) in [4.78, 5) is 45.0. The Morgan fingerprint density at radius 2 is 1.73 bits per heavy atom. The molecular weight excluding hydrogens is 576 g/mol. The number of nitrogens with zero attached hydrogens (tertiary/aromatic N) is 2. The van der Waals surface area contributed by atoms with Gasteiger partial charge in [0.25, 0.3) is 5.56 Å². The van der Waals surface area contributed by atoms with Crippen LogP contribution in [-0.2, 0) is 14.3 Å². The molecular formula is C35H36N2O6S. The number of carbonyl (C=O) groups is 2. The maximum absolute atomic E-state index is 14.0. The standard InChI is InChI=1S/C35H36N2O6S/c1-6-10-27-30(34(40)42-8-3)31(23-15-13-22(14-16-23)21(4)5)37-32(38)29(44-35(37)36-27)20-26-17-18-28(43-26)24-11-9-12-25(19-24)33(39)41-7-2/h9,11-21,31H,6-8,10H2,1-5H3/b29-20-. The van der Waals surface area contributed by atoms with E-state index in [1.165, 1.54) is 11.3 Å². The predicted octanol–water partition coefficient (Wildman–Crippen LogP) is 6.14. The minimum absolute atomic E-state index is 0.217. The highest BCUT2D eigenvalue weighted by atomic mass is 32.1. The molecule has 228 valence electrons. The van der Waals surface area contributed by atoms with Crippen molar-refractivity contribution in [1.29, 1.82) is 0 Å². The number of ether oxygens (including phenoxy) is 2. The van der Waals surface area contributed by atoms with Gasteiger partial charge in [0.2, 0.25) is 0 Å². The second-order valence-corrected chi connectivity index (χ2v) is 11.7. The van der Waals surface area contributed by atoms with Crippen molar-refractivity contribution < 1.29 is 23.5 Å². The summed E-state index contributed by atoms with van der Waals surface area (Å²) in [5.74, 6) is 0.497. The molecule has 0 amide bonds. The van der Waals surface area contributed by atoms with Gasteiger partial charge in [-0.1, -0.05) is 74.9 Å². The summed E-state index contributed by atoms with van der Waals surface area (Å²) in [5.41, 5.74) is 3.88. The van der Waals surface area contributed by atoms with E-state index < -0.39 is 18.0 Å². The Morgan fingerprint density at radius 3 is 2.41 bits per heavy atom. The molecule has 0 bridgehead atoms. The van der Waals surface area contributed by atoms with Gasteiger partial charge in [0.05, 0.1) is 40.6 Å². The average molecular weight is 613 g/mol. The third-order valence-electron chi connectivity index (χ3n) is 7.37. The number of furan rings is 1. The molecule has 2 aromatic carbocycles. The van der Waals surface area contributed by atoms with Crippen molar-refractivity contribution in [3.05, 3.63) is 114 Å². The minimum atomic E-state index is -0.673. The Balaban J connectivity index is 1.61. The summed E-state index contributed by atoms with van der Waals surface area (Å²) in [6, 6.07) is 18.0. The van der Waals surface area contributed by atoms with Crippen LogP contribution in [-0.4, -0.2) is 29.7 Å². The van der Waals surface area contributed by atoms with E-state index in [4.69, 9.17) is 18.9 Å². The molecule has 0 N–H and O–H groups in total. The van der Waals surface area contributed by atoms with E-state index in [1.807, 2.05) is 37.3 Å². The molecule has 1 unspecified atom stereocenters. The summed E-state index contributed by atoms with van der Waals surface area (Å²) in [6.07, 6.45) is 3.04. The van der Waals surface area contributed by atoms with Crippen LogP contribution in [0.4, 0.5) is 0 Å². The molecule has 0 saturated heterocycles. The SMILES string of the molecule is CCCC1=C(C(=O)OCC)C(c2ccc(C(C)C)cc2)n2c(s/c(=C\c3ccc(-c4cccc(C(=O)OCC)c4)o3)c2=O)=N1. The van der Waals surface area contributed by atoms with Crippen molar-refractivity contribution in [3.8, 4) is 11.3 Å². The Hall–Kier alpha value is -4.50. The lowest BCUT2D eigenvalue weighted by atomic mass is 9.92. The molecule has 0 saturated carbocycles. The molecule has 0 spiro atoms. The number of aromatic nitrogens is 1. The van der Waals surface area contributed by atoms with E-state index in [9.17, 15) is 14.4 Å². The summed E-state index contributed by atoms with van der Waals surface area (Å²) < 4.78 is 18.7. The maximum atomic E-state index is 14.0. The highest BCUT2D eigenvalue weighted by molar-refractivity contribution is 7.07. The van der Waals surface area contributed by atoms with Crippen LogP contribution in [0.25, 0.3) is 17.4 Å². The molecule has 5 rings (SSSR count). The maximum Gasteiger partial charge on any atom is 0.338 e. The molecule has 4 aromatic rings. The largest absolute Gasteiger partial charge is 0.463 e. The van der Waals surface area contributed by atoms with E-state index in [0.717, 1.165) is 17.5 Å². The molecule has 3 heterocycles. The van der Waals surface area contributed by atoms with Crippen molar-refractivity contribution in [1.82, 2.24) is 4.57 Å². The monoisotopic (exact) mass is 612 g/mol. The van der Waals surface area contributed by atoms with Crippen LogP contribution in [0.2, 0.25) is 0 Å². The van der Waals surface area contributed by atoms with Gasteiger partial charge in [-0.05, 0) is 61.6 Å². The number of fused-ring (bicyclic) bond motifs is 1. The van der Waals surface area contributed by atoms with Gasteiger partial charge in [0.15, 0.2) is 4.80 Å². The van der Waals surface area contributed by atoms with E-state index in [-0.39, 0.29) is 18.8 Å². The summed E-state index contributed by atoms with van der Waals surface area (Å²) in [6.45, 7) is 10.3. The Bertz CT molecular complexity index is 1890. The predicted molar refractivity (Wildman–Crippen MR) is 170 cm³/mol. The first-order valence-electron chi connectivity index (χ1n) is 14.9. The summed E-state index contributed by atoms with van der Waals surface area (Å²) in [7, 11) is 0. The molecule has 0 fully saturated rings. The van der Waals surface area contributed by atoms with Crippen molar-refractivity contribution in [2.45, 2.75) is 59.4 Å². The highest BCUT2D eigenvalue weighted by Gasteiger charge is 2.34. The zero-order valence-corrected chi connectivity index (χ0v) is 26.4. The van der Waals surface area contributed by atoms with Gasteiger partial charge in [-0.2, -0.15) is 0 Å². The lowest BCUT2D eigenvalue weighted by Crippen LogP contribution is -2.40. The second kappa shape index (κ2) is 13.4. The van der Waals surface area contributed by atoms with E-state index in [1.54, 1.807) is 54.8 Å². The number of carbonyl (C=O) groups excluding carboxylic acids is 2. The Labute approximate surface area is 260 Å². The van der Waals surface area contributed by atoms with E-state index in [2.05, 4.69) is 13.8 Å². The lowest BCUT2D eigenvalue weighted by molar-refractivity contribution is -0.139. The smallest absolute Gasteiger partial charge is 0.338 e. The number of allylic oxidation sites excluding steroid dienone is 1. The minimum Gasteiger partial charge on any atom is -0.463 e. The van der Waals surface area contributed by atoms with Crippen LogP contribution in [0.3, 0.4) is 0 Å². The zero-order valence-electron chi connectivity index (χ0n) is 25.6. The number of hydrogen-bond acceptors (Lipinski definition) is 8. The lowest BCUT2D eigenvalue weighted by Gasteiger charge is -2.26. The molecule has 1 atom stereocenters. The first-order chi connectivity index (χ1) is 21.2. The number of rotatable bonds is 10. The molecule has 0 aliphatic carbocycles. The fourth-order valence-electron chi connectivity index (χ4n) is 5.23. The average Bonchev–Trinajstić information content (AvgIpc) is 3.61. The second-order valence-electron chi connectivity index (χ2n) is 10.7. The third kappa shape index (κ3) is 6.24. The van der Waals surface area contributed by atoms with Gasteiger partial charge >= 0.3 is 11.9 Å². The Kier molecular flexibility index (Phi) is 9.44. The van der Waals surface area contributed by atoms with Crippen LogP contribution in [0.15, 0.2) is 86.1 Å². The quantitative estimate of drug-likeness (QED) is 0.200. The van der Waals surface area contributed by atoms with Crippen molar-refractivity contribution in [2.24, 2.45) is 4.99 Å². The third-order valence-corrected chi connectivity index (χ3v) is 8.35. The zero-order chi connectivity index (χ0) is 31.4. The molecule has 1 aliphatic heterocycles. The highest BCUT2D eigenvalue weighted by Crippen LogP contribution is 2.33. The van der Waals surface area contributed by atoms with Gasteiger partial charge < -0.3 is 13.9 Å². The fraction of sp³-hybridized carbons (Fsp3) is 0.314. The van der Waals surface area contributed by atoms with E-state index in [0.29, 0.717) is 55.6 Å². The number of thiazole rings is 1. The first kappa shape index (κ1) is 30.9. The van der Waals surface area contributed by atoms with E-state index >= 15 is 0 Å². The first-order valence-corrected chi connectivity index (χ1v) is 15.8. The summed E-state index contributed by atoms with van der Waals surface area (Å²) in [5, 5.41) is 0. The molecule has 2 aromatic heterocycles. The van der Waals surface area contributed by atoms with Gasteiger partial charge in [-0.15, -0.1) is 0 Å². The van der Waals surface area contributed by atoms with Crippen LogP contribution in [0, 0.1) is 0 Å². The van der Waals surface area contributed by atoms with Crippen LogP contribution < -0.4 is 14.9 Å². The van der Waals surface area contributed by atoms with Gasteiger partial charge in [-0.3, -0.25) is 9.36 Å². The van der Waals surface area contributed by atoms with Gasteiger partial charge in [0.1, 0.15) is 11.5 Å². The molecule has 1 aliphatic rings. The van der Waals surface area contributed by atoms with Crippen LogP contribution >= 0.6 is 11.3 Å². The van der Waals surface area contributed by atoms with Crippen LogP contribution in [0.1, 0.15) is 86.7 Å². The van der Waals surface area contributed by atoms with Crippen LogP contribution in [0.5, 0.6) is 0 Å². The van der Waals surface area contributed by atoms with Crippen molar-refractivity contribution >= 4 is 29.4 Å². The molecule has 8 nitrogen and oxygen atoms in total. The Morgan fingerprint density at radius 1 is 1.00 bits per heavy atom. The topological polar surface area (TPSA) is 100 Å². The molecule has 0 radical (unpaired) electrons. The number of benzene rings is 2. The van der Waals surface area contributed by atoms with Crippen molar-refractivity contribution in [3.63, 3.8) is 0 Å². The summed E-state index contributed by atoms with van der Waals surface area (Å²) >= 11 is 1.26. The molecule has 9 heteroatoms. The number of esters is 2. The number of hydrogen-bond donors (Lipinski definition) is 0. The van der Waals surface area contributed by atoms with Crippen molar-refractivity contribution in [2.75, 3.05) is 13.2 Å². The fourth-order valence-corrected chi connectivity index (χ4v) is 6.23. The normalized spacial score (nSPS) is 14.9.